The maximum Gasteiger partial charge on any atom is 0.416 e. The second kappa shape index (κ2) is 10.8. The van der Waals surface area contributed by atoms with Gasteiger partial charge in [-0.2, -0.15) is 18.3 Å². The van der Waals surface area contributed by atoms with E-state index in [9.17, 15) is 28.1 Å². The lowest BCUT2D eigenvalue weighted by Crippen LogP contribution is -2.14. The summed E-state index contributed by atoms with van der Waals surface area (Å²) in [6, 6.07) is 14.4. The predicted molar refractivity (Wildman–Crippen MR) is 132 cm³/mol. The highest BCUT2D eigenvalue weighted by Gasteiger charge is 2.30. The molecular weight excluding hydrogens is 529 g/mol. The quantitative estimate of drug-likeness (QED) is 0.191. The number of benzene rings is 3. The Labute approximate surface area is 218 Å². The molecule has 38 heavy (non-hydrogen) atoms. The third-order valence-corrected chi connectivity index (χ3v) is 5.36. The number of halogens is 4. The number of nitro benzene ring substituents is 1. The molecule has 13 heteroatoms. The molecule has 1 N–H and O–H groups in total. The molecule has 0 saturated heterocycles. The van der Waals surface area contributed by atoms with Crippen LogP contribution < -0.4 is 14.8 Å². The number of carbonyl (C=O) groups excluding carboxylic acids is 1. The largest absolute Gasteiger partial charge is 0.471 e. The summed E-state index contributed by atoms with van der Waals surface area (Å²) in [5.41, 5.74) is -0.445. The van der Waals surface area contributed by atoms with Crippen molar-refractivity contribution in [3.63, 3.8) is 0 Å². The molecule has 9 nitrogen and oxygen atoms in total. The lowest BCUT2D eigenvalue weighted by Gasteiger charge is -2.11. The fourth-order valence-corrected chi connectivity index (χ4v) is 3.55. The van der Waals surface area contributed by atoms with Crippen LogP contribution in [0.15, 0.2) is 72.9 Å². The topological polar surface area (TPSA) is 109 Å². The molecule has 0 bridgehead atoms. The van der Waals surface area contributed by atoms with E-state index < -0.39 is 22.6 Å². The normalized spacial score (nSPS) is 11.2. The number of alkyl halides is 3. The number of non-ortho nitro benzene ring substituents is 1. The number of amides is 1. The molecule has 3 aromatic carbocycles. The van der Waals surface area contributed by atoms with Gasteiger partial charge in [0.25, 0.3) is 11.6 Å². The van der Waals surface area contributed by atoms with E-state index >= 15 is 0 Å². The van der Waals surface area contributed by atoms with Crippen molar-refractivity contribution < 1.29 is 32.4 Å². The van der Waals surface area contributed by atoms with Crippen molar-refractivity contribution in [3.8, 4) is 17.2 Å². The van der Waals surface area contributed by atoms with Crippen LogP contribution >= 0.6 is 11.6 Å². The number of anilines is 1. The number of nitro groups is 1. The number of carbonyl (C=O) groups is 1. The highest BCUT2D eigenvalue weighted by molar-refractivity contribution is 6.30. The molecule has 0 atom stereocenters. The summed E-state index contributed by atoms with van der Waals surface area (Å²) in [5.74, 6) is -0.176. The first kappa shape index (κ1) is 26.5. The zero-order chi connectivity index (χ0) is 27.4. The van der Waals surface area contributed by atoms with Crippen molar-refractivity contribution in [1.29, 1.82) is 0 Å². The third kappa shape index (κ3) is 6.59. The van der Waals surface area contributed by atoms with Crippen LogP contribution in [-0.4, -0.2) is 20.6 Å². The molecule has 1 heterocycles. The van der Waals surface area contributed by atoms with Gasteiger partial charge in [-0.1, -0.05) is 17.7 Å². The van der Waals surface area contributed by atoms with Gasteiger partial charge < -0.3 is 14.8 Å². The van der Waals surface area contributed by atoms with E-state index in [0.717, 1.165) is 18.2 Å². The number of ether oxygens (including phenoxy) is 2. The fourth-order valence-electron chi connectivity index (χ4n) is 3.33. The second-order valence-electron chi connectivity index (χ2n) is 7.98. The van der Waals surface area contributed by atoms with Crippen LogP contribution in [0.25, 0.3) is 0 Å². The molecule has 196 valence electrons. The summed E-state index contributed by atoms with van der Waals surface area (Å²) >= 11 is 5.95. The Hall–Kier alpha value is -4.58. The second-order valence-corrected chi connectivity index (χ2v) is 8.41. The summed E-state index contributed by atoms with van der Waals surface area (Å²) in [5, 5.41) is 18.5. The standard InChI is InChI=1S/C25H18ClF3N4O5/c1-15-9-17(26)5-6-23(15)38-21-12-18(11-19(13-21)33(35)36)30-24(34)22-7-8-32(31-22)14-37-20-4-2-3-16(10-20)25(27,28)29/h2-13H,14H2,1H3,(H,30,34). The van der Waals surface area contributed by atoms with Crippen LogP contribution in [0.3, 0.4) is 0 Å². The molecule has 0 radical (unpaired) electrons. The number of nitrogens with one attached hydrogen (secondary N) is 1. The summed E-state index contributed by atoms with van der Waals surface area (Å²) in [6.07, 6.45) is -3.12. The molecular formula is C25H18ClF3N4O5. The van der Waals surface area contributed by atoms with Gasteiger partial charge in [-0.15, -0.1) is 0 Å². The lowest BCUT2D eigenvalue weighted by molar-refractivity contribution is -0.384. The van der Waals surface area contributed by atoms with Crippen molar-refractivity contribution in [1.82, 2.24) is 9.78 Å². The monoisotopic (exact) mass is 546 g/mol. The van der Waals surface area contributed by atoms with Crippen molar-refractivity contribution in [2.75, 3.05) is 5.32 Å². The van der Waals surface area contributed by atoms with Gasteiger partial charge in [-0.3, -0.25) is 14.9 Å². The Bertz CT molecular complexity index is 1510. The van der Waals surface area contributed by atoms with E-state index in [2.05, 4.69) is 10.4 Å². The molecule has 0 unspecified atom stereocenters. The van der Waals surface area contributed by atoms with Gasteiger partial charge in [0, 0.05) is 23.4 Å². The number of aromatic nitrogens is 2. The first-order valence-corrected chi connectivity index (χ1v) is 11.2. The van der Waals surface area contributed by atoms with E-state index in [1.54, 1.807) is 25.1 Å². The van der Waals surface area contributed by atoms with Crippen LogP contribution in [0.4, 0.5) is 24.5 Å². The first-order valence-electron chi connectivity index (χ1n) is 10.9. The minimum absolute atomic E-state index is 0.0265. The highest BCUT2D eigenvalue weighted by atomic mass is 35.5. The van der Waals surface area contributed by atoms with Gasteiger partial charge >= 0.3 is 6.18 Å². The maximum absolute atomic E-state index is 12.9. The molecule has 4 aromatic rings. The van der Waals surface area contributed by atoms with Crippen molar-refractivity contribution >= 4 is 28.9 Å². The number of nitrogens with zero attached hydrogens (tertiary/aromatic N) is 3. The Morgan fingerprint density at radius 2 is 1.89 bits per heavy atom. The van der Waals surface area contributed by atoms with Gasteiger partial charge in [0.1, 0.15) is 17.2 Å². The SMILES string of the molecule is Cc1cc(Cl)ccc1Oc1cc(NC(=O)c2ccn(COc3cccc(C(F)(F)F)c3)n2)cc([N+](=O)[O-])c1. The molecule has 1 amide bonds. The van der Waals surface area contributed by atoms with Crippen LogP contribution in [0.2, 0.25) is 5.02 Å². The van der Waals surface area contributed by atoms with Gasteiger partial charge in [0.05, 0.1) is 22.2 Å². The van der Waals surface area contributed by atoms with Crippen LogP contribution in [0.1, 0.15) is 21.6 Å². The van der Waals surface area contributed by atoms with E-state index in [-0.39, 0.29) is 35.3 Å². The maximum atomic E-state index is 12.9. The van der Waals surface area contributed by atoms with E-state index in [1.165, 1.54) is 41.2 Å². The Morgan fingerprint density at radius 3 is 2.61 bits per heavy atom. The average Bonchev–Trinajstić information content (AvgIpc) is 3.33. The fraction of sp³-hybridized carbons (Fsp3) is 0.120. The van der Waals surface area contributed by atoms with Crippen molar-refractivity contribution in [3.05, 3.63) is 105 Å². The Balaban J connectivity index is 1.46. The first-order chi connectivity index (χ1) is 18.0. The number of hydrogen-bond donors (Lipinski definition) is 1. The highest BCUT2D eigenvalue weighted by Crippen LogP contribution is 2.33. The predicted octanol–water partition coefficient (Wildman–Crippen LogP) is 6.85. The summed E-state index contributed by atoms with van der Waals surface area (Å²) in [6.45, 7) is 1.50. The third-order valence-electron chi connectivity index (χ3n) is 5.12. The molecule has 0 aliphatic rings. The average molecular weight is 547 g/mol. The lowest BCUT2D eigenvalue weighted by atomic mass is 10.2. The molecule has 0 fully saturated rings. The van der Waals surface area contributed by atoms with E-state index in [4.69, 9.17) is 21.1 Å². The van der Waals surface area contributed by atoms with Crippen LogP contribution in [-0.2, 0) is 12.9 Å². The minimum Gasteiger partial charge on any atom is -0.471 e. The molecule has 0 aliphatic carbocycles. The van der Waals surface area contributed by atoms with E-state index in [1.807, 2.05) is 0 Å². The van der Waals surface area contributed by atoms with Crippen molar-refractivity contribution in [2.45, 2.75) is 19.8 Å². The number of aryl methyl sites for hydroxylation is 1. The zero-order valence-corrected chi connectivity index (χ0v) is 20.3. The number of hydrogen-bond acceptors (Lipinski definition) is 6. The van der Waals surface area contributed by atoms with Gasteiger partial charge in [-0.05, 0) is 55.0 Å². The molecule has 0 saturated carbocycles. The molecule has 0 spiro atoms. The summed E-state index contributed by atoms with van der Waals surface area (Å²) < 4.78 is 50.9. The van der Waals surface area contributed by atoms with Crippen LogP contribution in [0.5, 0.6) is 17.2 Å². The van der Waals surface area contributed by atoms with Gasteiger partial charge in [0.15, 0.2) is 12.4 Å². The smallest absolute Gasteiger partial charge is 0.416 e. The molecule has 1 aromatic heterocycles. The van der Waals surface area contributed by atoms with Gasteiger partial charge in [-0.25, -0.2) is 4.68 Å². The van der Waals surface area contributed by atoms with Crippen LogP contribution in [0, 0.1) is 17.0 Å². The Kier molecular flexibility index (Phi) is 7.53. The zero-order valence-electron chi connectivity index (χ0n) is 19.5. The summed E-state index contributed by atoms with van der Waals surface area (Å²) in [4.78, 5) is 23.5. The van der Waals surface area contributed by atoms with Crippen molar-refractivity contribution in [2.24, 2.45) is 0 Å². The molecule has 4 rings (SSSR count). The summed E-state index contributed by atoms with van der Waals surface area (Å²) in [7, 11) is 0. The molecule has 0 aliphatic heterocycles. The number of rotatable bonds is 8. The van der Waals surface area contributed by atoms with Gasteiger partial charge in [0.2, 0.25) is 0 Å². The Morgan fingerprint density at radius 1 is 1.11 bits per heavy atom. The van der Waals surface area contributed by atoms with E-state index in [0.29, 0.717) is 16.3 Å². The minimum atomic E-state index is -4.51.